The molecule has 3 nitrogen and oxygen atoms in total. The predicted molar refractivity (Wildman–Crippen MR) is 72.4 cm³/mol. The van der Waals surface area contributed by atoms with E-state index in [0.29, 0.717) is 12.8 Å². The van der Waals surface area contributed by atoms with E-state index in [1.165, 1.54) is 25.7 Å². The van der Waals surface area contributed by atoms with E-state index in [2.05, 4.69) is 18.7 Å². The largest absolute Gasteiger partial charge is 0.466 e. The van der Waals surface area contributed by atoms with Crippen LogP contribution in [0.2, 0.25) is 0 Å². The van der Waals surface area contributed by atoms with Crippen molar-refractivity contribution in [3.63, 3.8) is 0 Å². The quantitative estimate of drug-likeness (QED) is 0.399. The summed E-state index contributed by atoms with van der Waals surface area (Å²) in [4.78, 5) is 13.7. The van der Waals surface area contributed by atoms with Crippen molar-refractivity contribution in [3.8, 4) is 0 Å². The summed E-state index contributed by atoms with van der Waals surface area (Å²) in [6, 6.07) is 0. The summed E-state index contributed by atoms with van der Waals surface area (Å²) in [6.07, 6.45) is 5.40. The molecular weight excluding hydrogens is 233 g/mol. The molecule has 0 unspecified atom stereocenters. The molecule has 0 aliphatic heterocycles. The lowest BCUT2D eigenvalue weighted by Crippen LogP contribution is -2.29. The SMILES string of the molecule is CCCCN(CCCC)CCC(=O)OCCCF. The summed E-state index contributed by atoms with van der Waals surface area (Å²) in [6.45, 7) is 6.98. The molecule has 0 fully saturated rings. The summed E-state index contributed by atoms with van der Waals surface area (Å²) in [5.41, 5.74) is 0. The smallest absolute Gasteiger partial charge is 0.307 e. The molecule has 0 N–H and O–H groups in total. The molecule has 0 atom stereocenters. The number of unbranched alkanes of at least 4 members (excludes halogenated alkanes) is 2. The second-order valence-electron chi connectivity index (χ2n) is 4.56. The Kier molecular flexibility index (Phi) is 12.4. The number of ether oxygens (including phenoxy) is 1. The molecule has 4 heteroatoms. The predicted octanol–water partition coefficient (Wildman–Crippen LogP) is 3.18. The molecule has 0 aromatic rings. The summed E-state index contributed by atoms with van der Waals surface area (Å²) in [5.74, 6) is -0.207. The Hall–Kier alpha value is -0.640. The van der Waals surface area contributed by atoms with Gasteiger partial charge in [-0.25, -0.2) is 0 Å². The fraction of sp³-hybridized carbons (Fsp3) is 0.929. The Balaban J connectivity index is 3.74. The normalized spacial score (nSPS) is 10.9. The summed E-state index contributed by atoms with van der Waals surface area (Å²) >= 11 is 0. The summed E-state index contributed by atoms with van der Waals surface area (Å²) < 4.78 is 16.8. The van der Waals surface area contributed by atoms with Gasteiger partial charge in [0.15, 0.2) is 0 Å². The van der Waals surface area contributed by atoms with Crippen LogP contribution in [0.5, 0.6) is 0 Å². The molecule has 0 saturated heterocycles. The monoisotopic (exact) mass is 261 g/mol. The van der Waals surface area contributed by atoms with Crippen molar-refractivity contribution in [1.29, 1.82) is 0 Å². The molecule has 0 heterocycles. The zero-order chi connectivity index (χ0) is 13.6. The van der Waals surface area contributed by atoms with E-state index in [4.69, 9.17) is 4.74 Å². The molecule has 0 aliphatic rings. The molecule has 0 saturated carbocycles. The molecule has 0 amide bonds. The first-order valence-electron chi connectivity index (χ1n) is 7.18. The van der Waals surface area contributed by atoms with Crippen molar-refractivity contribution in [3.05, 3.63) is 0 Å². The van der Waals surface area contributed by atoms with Gasteiger partial charge in [0, 0.05) is 13.0 Å². The van der Waals surface area contributed by atoms with E-state index in [9.17, 15) is 9.18 Å². The van der Waals surface area contributed by atoms with Crippen LogP contribution in [0.25, 0.3) is 0 Å². The molecular formula is C14H28FNO2. The third-order valence-electron chi connectivity index (χ3n) is 2.83. The highest BCUT2D eigenvalue weighted by Gasteiger charge is 2.08. The number of hydrogen-bond acceptors (Lipinski definition) is 3. The maximum atomic E-state index is 11.8. The molecule has 0 aromatic carbocycles. The zero-order valence-corrected chi connectivity index (χ0v) is 11.9. The highest BCUT2D eigenvalue weighted by molar-refractivity contribution is 5.69. The number of alkyl halides is 1. The number of carbonyl (C=O) groups is 1. The highest BCUT2D eigenvalue weighted by Crippen LogP contribution is 2.01. The van der Waals surface area contributed by atoms with Crippen molar-refractivity contribution in [2.75, 3.05) is 32.9 Å². The van der Waals surface area contributed by atoms with Crippen LogP contribution < -0.4 is 0 Å². The minimum absolute atomic E-state index is 0.207. The minimum atomic E-state index is -0.424. The Morgan fingerprint density at radius 3 is 2.17 bits per heavy atom. The second kappa shape index (κ2) is 12.8. The second-order valence-corrected chi connectivity index (χ2v) is 4.56. The van der Waals surface area contributed by atoms with Crippen LogP contribution in [-0.4, -0.2) is 43.8 Å². The van der Waals surface area contributed by atoms with Crippen LogP contribution in [0, 0.1) is 0 Å². The fourth-order valence-corrected chi connectivity index (χ4v) is 1.66. The van der Waals surface area contributed by atoms with Crippen molar-refractivity contribution in [2.24, 2.45) is 0 Å². The van der Waals surface area contributed by atoms with Crippen LogP contribution in [0.15, 0.2) is 0 Å². The molecule has 18 heavy (non-hydrogen) atoms. The van der Waals surface area contributed by atoms with Crippen LogP contribution in [0.4, 0.5) is 4.39 Å². The Bertz CT molecular complexity index is 192. The number of hydrogen-bond donors (Lipinski definition) is 0. The van der Waals surface area contributed by atoms with Crippen molar-refractivity contribution in [1.82, 2.24) is 4.90 Å². The maximum absolute atomic E-state index is 11.8. The molecule has 0 aliphatic carbocycles. The Morgan fingerprint density at radius 1 is 1.06 bits per heavy atom. The third-order valence-corrected chi connectivity index (χ3v) is 2.83. The van der Waals surface area contributed by atoms with Gasteiger partial charge < -0.3 is 9.64 Å². The molecule has 0 bridgehead atoms. The van der Waals surface area contributed by atoms with E-state index >= 15 is 0 Å². The van der Waals surface area contributed by atoms with Crippen molar-refractivity contribution >= 4 is 5.97 Å². The van der Waals surface area contributed by atoms with Crippen molar-refractivity contribution in [2.45, 2.75) is 52.4 Å². The molecule has 108 valence electrons. The molecule has 0 aromatic heterocycles. The first-order chi connectivity index (χ1) is 8.74. The van der Waals surface area contributed by atoms with Gasteiger partial charge in [-0.1, -0.05) is 26.7 Å². The maximum Gasteiger partial charge on any atom is 0.307 e. The van der Waals surface area contributed by atoms with Crippen LogP contribution in [0.1, 0.15) is 52.4 Å². The van der Waals surface area contributed by atoms with Crippen LogP contribution >= 0.6 is 0 Å². The number of carbonyl (C=O) groups excluding carboxylic acids is 1. The Morgan fingerprint density at radius 2 is 1.67 bits per heavy atom. The van der Waals surface area contributed by atoms with Crippen molar-refractivity contribution < 1.29 is 13.9 Å². The fourth-order valence-electron chi connectivity index (χ4n) is 1.66. The first-order valence-corrected chi connectivity index (χ1v) is 7.18. The third kappa shape index (κ3) is 10.5. The van der Waals surface area contributed by atoms with Crippen LogP contribution in [0.3, 0.4) is 0 Å². The van der Waals surface area contributed by atoms with E-state index in [1.54, 1.807) is 0 Å². The van der Waals surface area contributed by atoms with Gasteiger partial charge in [0.25, 0.3) is 0 Å². The molecule has 0 rings (SSSR count). The standard InChI is InChI=1S/C14H28FNO2/c1-3-5-10-16(11-6-4-2)12-8-14(17)18-13-7-9-15/h3-13H2,1-2H3. The number of nitrogens with zero attached hydrogens (tertiary/aromatic N) is 1. The lowest BCUT2D eigenvalue weighted by atomic mass is 10.2. The van der Waals surface area contributed by atoms with Gasteiger partial charge in [-0.15, -0.1) is 0 Å². The average Bonchev–Trinajstić information content (AvgIpc) is 2.38. The van der Waals surface area contributed by atoms with E-state index in [0.717, 1.165) is 19.6 Å². The molecule has 0 radical (unpaired) electrons. The van der Waals surface area contributed by atoms with Gasteiger partial charge in [-0.05, 0) is 25.9 Å². The van der Waals surface area contributed by atoms with E-state index in [-0.39, 0.29) is 12.6 Å². The van der Waals surface area contributed by atoms with Gasteiger partial charge in [0.1, 0.15) is 0 Å². The van der Waals surface area contributed by atoms with E-state index in [1.807, 2.05) is 0 Å². The lowest BCUT2D eigenvalue weighted by Gasteiger charge is -2.21. The average molecular weight is 261 g/mol. The minimum Gasteiger partial charge on any atom is -0.466 e. The van der Waals surface area contributed by atoms with Gasteiger partial charge >= 0.3 is 5.97 Å². The number of rotatable bonds is 12. The molecule has 0 spiro atoms. The highest BCUT2D eigenvalue weighted by atomic mass is 19.1. The number of halogens is 1. The van der Waals surface area contributed by atoms with Gasteiger partial charge in [-0.2, -0.15) is 0 Å². The van der Waals surface area contributed by atoms with Gasteiger partial charge in [-0.3, -0.25) is 9.18 Å². The summed E-state index contributed by atoms with van der Waals surface area (Å²) in [5, 5.41) is 0. The van der Waals surface area contributed by atoms with Crippen LogP contribution in [-0.2, 0) is 9.53 Å². The lowest BCUT2D eigenvalue weighted by molar-refractivity contribution is -0.144. The Labute approximate surface area is 111 Å². The zero-order valence-electron chi connectivity index (χ0n) is 11.9. The topological polar surface area (TPSA) is 29.5 Å². The van der Waals surface area contributed by atoms with Gasteiger partial charge in [0.05, 0.1) is 19.7 Å². The number of esters is 1. The van der Waals surface area contributed by atoms with E-state index < -0.39 is 6.67 Å². The first kappa shape index (κ1) is 17.4. The van der Waals surface area contributed by atoms with Gasteiger partial charge in [0.2, 0.25) is 0 Å². The summed E-state index contributed by atoms with van der Waals surface area (Å²) in [7, 11) is 0.